The van der Waals surface area contributed by atoms with Crippen molar-refractivity contribution in [3.63, 3.8) is 0 Å². The first-order valence-corrected chi connectivity index (χ1v) is 6.53. The Bertz CT molecular complexity index is 499. The van der Waals surface area contributed by atoms with Crippen LogP contribution in [0.4, 0.5) is 13.2 Å². The van der Waals surface area contributed by atoms with Gasteiger partial charge in [0.1, 0.15) is 0 Å². The molecule has 1 atom stereocenters. The maximum absolute atomic E-state index is 12.7. The molecule has 0 aromatic heterocycles. The van der Waals surface area contributed by atoms with E-state index in [0.717, 1.165) is 25.0 Å². The lowest BCUT2D eigenvalue weighted by Gasteiger charge is -2.14. The number of halogens is 4. The fraction of sp³-hybridized carbons (Fsp3) is 0.462. The highest BCUT2D eigenvalue weighted by Gasteiger charge is 2.34. The molecule has 1 N–H and O–H groups in total. The van der Waals surface area contributed by atoms with Crippen molar-refractivity contribution in [1.29, 1.82) is 0 Å². The van der Waals surface area contributed by atoms with Gasteiger partial charge in [-0.25, -0.2) is 0 Å². The van der Waals surface area contributed by atoms with Crippen molar-refractivity contribution >= 4 is 17.5 Å². The topological polar surface area (TPSA) is 38.3 Å². The van der Waals surface area contributed by atoms with Crippen LogP contribution in [0.1, 0.15) is 28.8 Å². The number of hydrogen-bond acceptors (Lipinski definition) is 2. The summed E-state index contributed by atoms with van der Waals surface area (Å²) in [5.41, 5.74) is -1.19. The van der Waals surface area contributed by atoms with Gasteiger partial charge in [0.15, 0.2) is 0 Å². The summed E-state index contributed by atoms with van der Waals surface area (Å²) in [6.45, 7) is 0.913. The minimum absolute atomic E-state index is 0.0801. The Balaban J connectivity index is 2.09. The lowest BCUT2D eigenvalue weighted by atomic mass is 10.1. The molecule has 1 fully saturated rings. The Hall–Kier alpha value is -1.27. The minimum atomic E-state index is -4.58. The number of nitrogens with one attached hydrogen (secondary N) is 1. The highest BCUT2D eigenvalue weighted by molar-refractivity contribution is 6.34. The van der Waals surface area contributed by atoms with Crippen LogP contribution in [0, 0.1) is 0 Å². The van der Waals surface area contributed by atoms with Gasteiger partial charge in [0.05, 0.1) is 22.3 Å². The summed E-state index contributed by atoms with van der Waals surface area (Å²) in [6, 6.07) is 3.28. The lowest BCUT2D eigenvalue weighted by Crippen LogP contribution is -2.32. The summed E-state index contributed by atoms with van der Waals surface area (Å²) in [6.07, 6.45) is -2.91. The summed E-state index contributed by atoms with van der Waals surface area (Å²) in [4.78, 5) is 11.9. The Morgan fingerprint density at radius 3 is 2.80 bits per heavy atom. The van der Waals surface area contributed by atoms with Gasteiger partial charge >= 0.3 is 6.18 Å². The number of carbonyl (C=O) groups excluding carboxylic acids is 1. The molecule has 1 amide bonds. The van der Waals surface area contributed by atoms with Gasteiger partial charge in [-0.3, -0.25) is 4.79 Å². The minimum Gasteiger partial charge on any atom is -0.376 e. The van der Waals surface area contributed by atoms with Crippen LogP contribution in [0.3, 0.4) is 0 Å². The summed E-state index contributed by atoms with van der Waals surface area (Å²) in [5, 5.41) is 1.97. The van der Waals surface area contributed by atoms with E-state index < -0.39 is 22.7 Å². The second-order valence-corrected chi connectivity index (χ2v) is 4.89. The van der Waals surface area contributed by atoms with Crippen molar-refractivity contribution in [2.24, 2.45) is 0 Å². The van der Waals surface area contributed by atoms with E-state index >= 15 is 0 Å². The second kappa shape index (κ2) is 6.01. The fourth-order valence-corrected chi connectivity index (χ4v) is 2.35. The Kier molecular flexibility index (Phi) is 4.55. The molecule has 1 aromatic rings. The van der Waals surface area contributed by atoms with Gasteiger partial charge in [-0.05, 0) is 25.0 Å². The second-order valence-electron chi connectivity index (χ2n) is 4.51. The van der Waals surface area contributed by atoms with Crippen LogP contribution in [0.25, 0.3) is 0 Å². The molecular weight excluding hydrogens is 295 g/mol. The van der Waals surface area contributed by atoms with Crippen LogP contribution in [0.2, 0.25) is 5.02 Å². The van der Waals surface area contributed by atoms with Crippen molar-refractivity contribution < 1.29 is 22.7 Å². The van der Waals surface area contributed by atoms with Crippen molar-refractivity contribution in [3.8, 4) is 0 Å². The van der Waals surface area contributed by atoms with Crippen molar-refractivity contribution in [2.75, 3.05) is 13.2 Å². The number of carbonyl (C=O) groups is 1. The van der Waals surface area contributed by atoms with E-state index in [9.17, 15) is 18.0 Å². The van der Waals surface area contributed by atoms with Gasteiger partial charge in [-0.15, -0.1) is 0 Å². The molecule has 1 aromatic carbocycles. The SMILES string of the molecule is O=C(NCC1CCCO1)c1cccc(C(F)(F)F)c1Cl. The molecule has 20 heavy (non-hydrogen) atoms. The third-order valence-corrected chi connectivity index (χ3v) is 3.47. The van der Waals surface area contributed by atoms with Gasteiger partial charge in [0, 0.05) is 13.2 Å². The van der Waals surface area contributed by atoms with Crippen molar-refractivity contribution in [3.05, 3.63) is 34.3 Å². The highest BCUT2D eigenvalue weighted by Crippen LogP contribution is 2.36. The van der Waals surface area contributed by atoms with E-state index in [-0.39, 0.29) is 18.2 Å². The zero-order valence-corrected chi connectivity index (χ0v) is 11.2. The molecule has 1 unspecified atom stereocenters. The number of ether oxygens (including phenoxy) is 1. The van der Waals surface area contributed by atoms with E-state index in [0.29, 0.717) is 6.61 Å². The molecule has 0 bridgehead atoms. The average molecular weight is 308 g/mol. The van der Waals surface area contributed by atoms with Gasteiger partial charge in [0.25, 0.3) is 5.91 Å². The molecule has 2 rings (SSSR count). The third kappa shape index (κ3) is 3.43. The molecule has 0 spiro atoms. The molecule has 110 valence electrons. The van der Waals surface area contributed by atoms with Crippen LogP contribution < -0.4 is 5.32 Å². The van der Waals surface area contributed by atoms with Gasteiger partial charge in [-0.1, -0.05) is 17.7 Å². The third-order valence-electron chi connectivity index (χ3n) is 3.06. The Labute approximate surface area is 119 Å². The first-order valence-electron chi connectivity index (χ1n) is 6.15. The van der Waals surface area contributed by atoms with E-state index in [2.05, 4.69) is 5.32 Å². The summed E-state index contributed by atoms with van der Waals surface area (Å²) in [5.74, 6) is -0.628. The molecular formula is C13H13ClF3NO2. The molecule has 1 saturated heterocycles. The molecule has 1 heterocycles. The summed E-state index contributed by atoms with van der Waals surface area (Å²) in [7, 11) is 0. The van der Waals surface area contributed by atoms with E-state index in [1.54, 1.807) is 0 Å². The monoisotopic (exact) mass is 307 g/mol. The maximum atomic E-state index is 12.7. The maximum Gasteiger partial charge on any atom is 0.417 e. The van der Waals surface area contributed by atoms with Crippen LogP contribution in [-0.2, 0) is 10.9 Å². The van der Waals surface area contributed by atoms with Crippen LogP contribution in [-0.4, -0.2) is 25.2 Å². The number of hydrogen-bond donors (Lipinski definition) is 1. The number of rotatable bonds is 3. The number of benzene rings is 1. The van der Waals surface area contributed by atoms with Gasteiger partial charge < -0.3 is 10.1 Å². The van der Waals surface area contributed by atoms with Gasteiger partial charge in [-0.2, -0.15) is 13.2 Å². The summed E-state index contributed by atoms with van der Waals surface area (Å²) >= 11 is 5.67. The van der Waals surface area contributed by atoms with E-state index in [1.807, 2.05) is 0 Å². The molecule has 1 aliphatic heterocycles. The largest absolute Gasteiger partial charge is 0.417 e. The van der Waals surface area contributed by atoms with Crippen LogP contribution >= 0.6 is 11.6 Å². The number of alkyl halides is 3. The number of amides is 1. The molecule has 0 aliphatic carbocycles. The van der Waals surface area contributed by atoms with Crippen molar-refractivity contribution in [2.45, 2.75) is 25.1 Å². The highest BCUT2D eigenvalue weighted by atomic mass is 35.5. The predicted molar refractivity (Wildman–Crippen MR) is 67.8 cm³/mol. The Morgan fingerprint density at radius 2 is 2.20 bits per heavy atom. The first-order chi connectivity index (χ1) is 9.39. The first kappa shape index (κ1) is 15.1. The molecule has 0 radical (unpaired) electrons. The standard InChI is InChI=1S/C13H13ClF3NO2/c14-11-9(4-1-5-10(11)13(15,16)17)12(19)18-7-8-3-2-6-20-8/h1,4-5,8H,2-3,6-7H2,(H,18,19). The van der Waals surface area contributed by atoms with E-state index in [1.165, 1.54) is 6.07 Å². The Morgan fingerprint density at radius 1 is 1.45 bits per heavy atom. The van der Waals surface area contributed by atoms with Crippen LogP contribution in [0.15, 0.2) is 18.2 Å². The molecule has 3 nitrogen and oxygen atoms in total. The predicted octanol–water partition coefficient (Wildman–Crippen LogP) is 3.27. The van der Waals surface area contributed by atoms with E-state index in [4.69, 9.17) is 16.3 Å². The zero-order chi connectivity index (χ0) is 14.8. The smallest absolute Gasteiger partial charge is 0.376 e. The lowest BCUT2D eigenvalue weighted by molar-refractivity contribution is -0.137. The molecule has 1 aliphatic rings. The normalized spacial score (nSPS) is 19.1. The fourth-order valence-electron chi connectivity index (χ4n) is 2.03. The van der Waals surface area contributed by atoms with Crippen molar-refractivity contribution in [1.82, 2.24) is 5.32 Å². The van der Waals surface area contributed by atoms with Gasteiger partial charge in [0.2, 0.25) is 0 Å². The zero-order valence-electron chi connectivity index (χ0n) is 10.5. The molecule has 7 heteroatoms. The van der Waals surface area contributed by atoms with Crippen LogP contribution in [0.5, 0.6) is 0 Å². The quantitative estimate of drug-likeness (QED) is 0.931. The summed E-state index contributed by atoms with van der Waals surface area (Å²) < 4.78 is 43.4. The molecule has 0 saturated carbocycles. The average Bonchev–Trinajstić information content (AvgIpc) is 2.88.